The van der Waals surface area contributed by atoms with E-state index in [4.69, 9.17) is 4.74 Å². The van der Waals surface area contributed by atoms with Gasteiger partial charge in [-0.3, -0.25) is 4.90 Å². The van der Waals surface area contributed by atoms with Crippen LogP contribution in [0.15, 0.2) is 0 Å². The van der Waals surface area contributed by atoms with Crippen LogP contribution in [0.1, 0.15) is 47.5 Å². The maximum absolute atomic E-state index is 11.7. The van der Waals surface area contributed by atoms with E-state index in [1.807, 2.05) is 20.8 Å². The Labute approximate surface area is 122 Å². The monoisotopic (exact) mass is 283 g/mol. The van der Waals surface area contributed by atoms with Gasteiger partial charge in [-0.25, -0.2) is 4.79 Å². The Balaban J connectivity index is 1.65. The number of carbonyl (C=O) groups is 1. The Morgan fingerprint density at radius 1 is 1.30 bits per heavy atom. The summed E-state index contributed by atoms with van der Waals surface area (Å²) in [5.74, 6) is 0. The summed E-state index contributed by atoms with van der Waals surface area (Å²) < 4.78 is 5.27. The van der Waals surface area contributed by atoms with Crippen molar-refractivity contribution in [2.75, 3.05) is 13.1 Å². The van der Waals surface area contributed by atoms with E-state index in [9.17, 15) is 4.79 Å². The third-order valence-electron chi connectivity index (χ3n) is 3.89. The molecule has 3 unspecified atom stereocenters. The average molecular weight is 283 g/mol. The Hall–Kier alpha value is -0.810. The van der Waals surface area contributed by atoms with Gasteiger partial charge in [-0.2, -0.15) is 0 Å². The molecule has 2 rings (SSSR count). The van der Waals surface area contributed by atoms with Crippen molar-refractivity contribution in [1.29, 1.82) is 0 Å². The van der Waals surface area contributed by atoms with Gasteiger partial charge in [-0.1, -0.05) is 0 Å². The molecular formula is C15H29N3O2. The summed E-state index contributed by atoms with van der Waals surface area (Å²) >= 11 is 0. The molecular weight excluding hydrogens is 254 g/mol. The summed E-state index contributed by atoms with van der Waals surface area (Å²) in [5, 5.41) is 6.58. The lowest BCUT2D eigenvalue weighted by molar-refractivity contribution is 0.0522. The van der Waals surface area contributed by atoms with Crippen molar-refractivity contribution in [3.05, 3.63) is 0 Å². The summed E-state index contributed by atoms with van der Waals surface area (Å²) in [5.41, 5.74) is -0.425. The summed E-state index contributed by atoms with van der Waals surface area (Å²) in [6, 6.07) is 1.84. The van der Waals surface area contributed by atoms with Gasteiger partial charge in [0.25, 0.3) is 0 Å². The second-order valence-electron chi connectivity index (χ2n) is 7.34. The van der Waals surface area contributed by atoms with E-state index in [0.717, 1.165) is 13.0 Å². The minimum Gasteiger partial charge on any atom is -0.444 e. The van der Waals surface area contributed by atoms with Gasteiger partial charge in [0.1, 0.15) is 5.60 Å². The third-order valence-corrected chi connectivity index (χ3v) is 3.89. The zero-order valence-corrected chi connectivity index (χ0v) is 13.4. The van der Waals surface area contributed by atoms with Crippen LogP contribution in [0.3, 0.4) is 0 Å². The van der Waals surface area contributed by atoms with Crippen LogP contribution < -0.4 is 10.6 Å². The fourth-order valence-corrected chi connectivity index (χ4v) is 2.69. The molecule has 1 aliphatic heterocycles. The molecule has 0 bridgehead atoms. The highest BCUT2D eigenvalue weighted by molar-refractivity contribution is 5.68. The first-order chi connectivity index (χ1) is 9.24. The van der Waals surface area contributed by atoms with Gasteiger partial charge in [0.05, 0.1) is 0 Å². The lowest BCUT2D eigenvalue weighted by Crippen LogP contribution is -2.40. The molecule has 5 nitrogen and oxygen atoms in total. The first kappa shape index (κ1) is 15.6. The molecule has 2 aliphatic rings. The number of ether oxygens (including phenoxy) is 1. The van der Waals surface area contributed by atoms with Gasteiger partial charge in [0.15, 0.2) is 0 Å². The molecule has 5 heteroatoms. The standard InChI is InChI=1S/C15H29N3O2/c1-10(2)18-7-6-11(9-18)16-12-8-13(12)17-14(19)20-15(3,4)5/h10-13,16H,6-9H2,1-5H3,(H,17,19). The number of likely N-dealkylation sites (tertiary alicyclic amines) is 1. The highest BCUT2D eigenvalue weighted by atomic mass is 16.6. The van der Waals surface area contributed by atoms with E-state index < -0.39 is 5.60 Å². The molecule has 20 heavy (non-hydrogen) atoms. The van der Waals surface area contributed by atoms with Crippen LogP contribution >= 0.6 is 0 Å². The smallest absolute Gasteiger partial charge is 0.407 e. The van der Waals surface area contributed by atoms with E-state index >= 15 is 0 Å². The Kier molecular flexibility index (Phi) is 4.59. The Morgan fingerprint density at radius 3 is 2.55 bits per heavy atom. The Morgan fingerprint density at radius 2 is 2.00 bits per heavy atom. The SMILES string of the molecule is CC(C)N1CCC(NC2CC2NC(=O)OC(C)(C)C)C1. The normalized spacial score (nSPS) is 30.6. The summed E-state index contributed by atoms with van der Waals surface area (Å²) in [6.45, 7) is 12.4. The van der Waals surface area contributed by atoms with Gasteiger partial charge in [0, 0.05) is 30.7 Å². The fourth-order valence-electron chi connectivity index (χ4n) is 2.69. The predicted octanol–water partition coefficient (Wildman–Crippen LogP) is 1.72. The van der Waals surface area contributed by atoms with E-state index in [1.165, 1.54) is 13.0 Å². The van der Waals surface area contributed by atoms with Crippen LogP contribution in [-0.2, 0) is 4.74 Å². The number of nitrogens with one attached hydrogen (secondary N) is 2. The topological polar surface area (TPSA) is 53.6 Å². The largest absolute Gasteiger partial charge is 0.444 e. The maximum atomic E-state index is 11.7. The lowest BCUT2D eigenvalue weighted by atomic mass is 10.2. The van der Waals surface area contributed by atoms with E-state index in [2.05, 4.69) is 29.4 Å². The molecule has 2 N–H and O–H groups in total. The molecule has 0 aromatic carbocycles. The van der Waals surface area contributed by atoms with Crippen molar-refractivity contribution >= 4 is 6.09 Å². The number of nitrogens with zero attached hydrogens (tertiary/aromatic N) is 1. The number of rotatable bonds is 4. The molecule has 1 saturated carbocycles. The fraction of sp³-hybridized carbons (Fsp3) is 0.933. The van der Waals surface area contributed by atoms with E-state index in [0.29, 0.717) is 18.1 Å². The van der Waals surface area contributed by atoms with Crippen LogP contribution in [0.5, 0.6) is 0 Å². The van der Waals surface area contributed by atoms with Crippen LogP contribution in [-0.4, -0.2) is 53.9 Å². The van der Waals surface area contributed by atoms with Crippen LogP contribution in [0.2, 0.25) is 0 Å². The Bertz CT molecular complexity index is 352. The number of hydrogen-bond donors (Lipinski definition) is 2. The molecule has 1 heterocycles. The van der Waals surface area contributed by atoms with Crippen LogP contribution in [0.4, 0.5) is 4.79 Å². The number of amides is 1. The number of alkyl carbamates (subject to hydrolysis) is 1. The van der Waals surface area contributed by atoms with Crippen molar-refractivity contribution < 1.29 is 9.53 Å². The van der Waals surface area contributed by atoms with E-state index in [-0.39, 0.29) is 12.1 Å². The average Bonchev–Trinajstić information content (AvgIpc) is 2.82. The van der Waals surface area contributed by atoms with Crippen LogP contribution in [0.25, 0.3) is 0 Å². The van der Waals surface area contributed by atoms with Gasteiger partial charge in [0.2, 0.25) is 0 Å². The molecule has 0 aromatic heterocycles. The second kappa shape index (κ2) is 5.90. The van der Waals surface area contributed by atoms with Gasteiger partial charge >= 0.3 is 6.09 Å². The number of carbonyl (C=O) groups excluding carboxylic acids is 1. The van der Waals surface area contributed by atoms with Crippen molar-refractivity contribution in [3.8, 4) is 0 Å². The predicted molar refractivity (Wildman–Crippen MR) is 79.8 cm³/mol. The molecule has 116 valence electrons. The quantitative estimate of drug-likeness (QED) is 0.825. The number of hydrogen-bond acceptors (Lipinski definition) is 4. The summed E-state index contributed by atoms with van der Waals surface area (Å²) in [7, 11) is 0. The molecule has 0 radical (unpaired) electrons. The van der Waals surface area contributed by atoms with Crippen molar-refractivity contribution in [2.45, 2.75) is 77.2 Å². The molecule has 1 aliphatic carbocycles. The maximum Gasteiger partial charge on any atom is 0.407 e. The summed E-state index contributed by atoms with van der Waals surface area (Å²) in [6.07, 6.45) is 1.91. The second-order valence-corrected chi connectivity index (χ2v) is 7.34. The lowest BCUT2D eigenvalue weighted by Gasteiger charge is -2.21. The van der Waals surface area contributed by atoms with Gasteiger partial charge in [-0.05, 0) is 54.0 Å². The van der Waals surface area contributed by atoms with Crippen molar-refractivity contribution in [3.63, 3.8) is 0 Å². The molecule has 0 aromatic rings. The minimum atomic E-state index is -0.425. The van der Waals surface area contributed by atoms with Gasteiger partial charge in [-0.15, -0.1) is 0 Å². The first-order valence-electron chi connectivity index (χ1n) is 7.74. The van der Waals surface area contributed by atoms with E-state index in [1.54, 1.807) is 0 Å². The zero-order valence-electron chi connectivity index (χ0n) is 13.4. The third kappa shape index (κ3) is 4.63. The first-order valence-corrected chi connectivity index (χ1v) is 7.74. The van der Waals surface area contributed by atoms with Crippen molar-refractivity contribution in [1.82, 2.24) is 15.5 Å². The summed E-state index contributed by atoms with van der Waals surface area (Å²) in [4.78, 5) is 14.2. The molecule has 0 spiro atoms. The van der Waals surface area contributed by atoms with Crippen LogP contribution in [0, 0.1) is 0 Å². The van der Waals surface area contributed by atoms with Gasteiger partial charge < -0.3 is 15.4 Å². The minimum absolute atomic E-state index is 0.234. The van der Waals surface area contributed by atoms with Crippen molar-refractivity contribution in [2.24, 2.45) is 0 Å². The molecule has 1 saturated heterocycles. The molecule has 1 amide bonds. The molecule has 2 fully saturated rings. The molecule has 3 atom stereocenters. The zero-order chi connectivity index (χ0) is 14.9. The highest BCUT2D eigenvalue weighted by Gasteiger charge is 2.41. The highest BCUT2D eigenvalue weighted by Crippen LogP contribution is 2.24.